The Morgan fingerprint density at radius 3 is 2.44 bits per heavy atom. The summed E-state index contributed by atoms with van der Waals surface area (Å²) in [6, 6.07) is 13.6. The fourth-order valence-electron chi connectivity index (χ4n) is 4.81. The number of amides is 1. The third-order valence-corrected chi connectivity index (χ3v) is 7.28. The molecule has 1 atom stereocenters. The smallest absolute Gasteiger partial charge is 0.226 e. The summed E-state index contributed by atoms with van der Waals surface area (Å²) in [5, 5.41) is 19.9. The van der Waals surface area contributed by atoms with Crippen LogP contribution in [0, 0.1) is 5.92 Å². The number of benzene rings is 2. The molecule has 6 heteroatoms. The van der Waals surface area contributed by atoms with E-state index in [9.17, 15) is 9.90 Å². The fraction of sp³-hybridized carbons (Fsp3) is 0.500. The lowest BCUT2D eigenvalue weighted by atomic mass is 9.83. The SMILES string of the molecule is CC1(O)CCC(N2CCC(Cc3ccc(OCc4ccc(CO)cc4)cc3Cl)C2=O)CC1. The van der Waals surface area contributed by atoms with E-state index in [2.05, 4.69) is 0 Å². The van der Waals surface area contributed by atoms with Crippen molar-refractivity contribution in [3.8, 4) is 5.75 Å². The Kier molecular flexibility index (Phi) is 7.08. The third-order valence-electron chi connectivity index (χ3n) is 6.93. The van der Waals surface area contributed by atoms with Crippen molar-refractivity contribution in [2.45, 2.75) is 70.3 Å². The first-order chi connectivity index (χ1) is 15.3. The maximum Gasteiger partial charge on any atom is 0.226 e. The van der Waals surface area contributed by atoms with Gasteiger partial charge >= 0.3 is 0 Å². The second-order valence-electron chi connectivity index (χ2n) is 9.47. The molecule has 1 aliphatic heterocycles. The first-order valence-corrected chi connectivity index (χ1v) is 11.9. The molecule has 172 valence electrons. The largest absolute Gasteiger partial charge is 0.489 e. The first kappa shape index (κ1) is 23.1. The number of carbonyl (C=O) groups is 1. The van der Waals surface area contributed by atoms with E-state index >= 15 is 0 Å². The minimum absolute atomic E-state index is 0.0300. The number of ether oxygens (including phenoxy) is 1. The van der Waals surface area contributed by atoms with Crippen LogP contribution >= 0.6 is 11.6 Å². The zero-order chi connectivity index (χ0) is 22.7. The van der Waals surface area contributed by atoms with Crippen LogP contribution in [0.5, 0.6) is 5.75 Å². The quantitative estimate of drug-likeness (QED) is 0.642. The first-order valence-electron chi connectivity index (χ1n) is 11.5. The number of halogens is 1. The van der Waals surface area contributed by atoms with Crippen LogP contribution in [0.4, 0.5) is 0 Å². The number of aliphatic hydroxyl groups is 2. The summed E-state index contributed by atoms with van der Waals surface area (Å²) in [4.78, 5) is 15.1. The molecular weight excluding hydrogens is 426 g/mol. The molecule has 2 aliphatic rings. The lowest BCUT2D eigenvalue weighted by Gasteiger charge is -2.37. The van der Waals surface area contributed by atoms with Gasteiger partial charge in [-0.25, -0.2) is 0 Å². The van der Waals surface area contributed by atoms with Gasteiger partial charge in [-0.15, -0.1) is 0 Å². The Bertz CT molecular complexity index is 933. The summed E-state index contributed by atoms with van der Waals surface area (Å²) in [6.07, 6.45) is 4.75. The summed E-state index contributed by atoms with van der Waals surface area (Å²) in [7, 11) is 0. The molecule has 1 heterocycles. The molecule has 32 heavy (non-hydrogen) atoms. The third kappa shape index (κ3) is 5.45. The number of likely N-dealkylation sites (tertiary alicyclic amines) is 1. The second kappa shape index (κ2) is 9.82. The normalized spacial score (nSPS) is 25.9. The van der Waals surface area contributed by atoms with Crippen LogP contribution in [0.3, 0.4) is 0 Å². The van der Waals surface area contributed by atoms with E-state index in [4.69, 9.17) is 21.4 Å². The van der Waals surface area contributed by atoms with Gasteiger partial charge in [0.1, 0.15) is 12.4 Å². The van der Waals surface area contributed by atoms with Gasteiger partial charge in [-0.2, -0.15) is 0 Å². The van der Waals surface area contributed by atoms with Crippen LogP contribution in [0.2, 0.25) is 5.02 Å². The van der Waals surface area contributed by atoms with Crippen LogP contribution in [0.1, 0.15) is 55.7 Å². The predicted molar refractivity (Wildman–Crippen MR) is 125 cm³/mol. The Balaban J connectivity index is 1.32. The Morgan fingerprint density at radius 1 is 1.09 bits per heavy atom. The molecule has 1 aliphatic carbocycles. The summed E-state index contributed by atoms with van der Waals surface area (Å²) in [5.41, 5.74) is 2.27. The van der Waals surface area contributed by atoms with Crippen LogP contribution in [0.25, 0.3) is 0 Å². The van der Waals surface area contributed by atoms with Gasteiger partial charge < -0.3 is 19.8 Å². The highest BCUT2D eigenvalue weighted by Gasteiger charge is 2.39. The van der Waals surface area contributed by atoms with Gasteiger partial charge in [-0.3, -0.25) is 4.79 Å². The van der Waals surface area contributed by atoms with Crippen molar-refractivity contribution in [1.29, 1.82) is 0 Å². The van der Waals surface area contributed by atoms with Crippen LogP contribution in [-0.2, 0) is 24.4 Å². The second-order valence-corrected chi connectivity index (χ2v) is 9.87. The molecule has 1 saturated carbocycles. The van der Waals surface area contributed by atoms with Crippen LogP contribution in [-0.4, -0.2) is 39.2 Å². The molecule has 0 aromatic heterocycles. The molecule has 1 amide bonds. The summed E-state index contributed by atoms with van der Waals surface area (Å²) in [6.45, 7) is 3.14. The van der Waals surface area contributed by atoms with Crippen molar-refractivity contribution in [3.05, 3.63) is 64.2 Å². The van der Waals surface area contributed by atoms with E-state index in [1.165, 1.54) is 0 Å². The molecule has 2 N–H and O–H groups in total. The Morgan fingerprint density at radius 2 is 1.78 bits per heavy atom. The molecule has 2 aromatic carbocycles. The van der Waals surface area contributed by atoms with Gasteiger partial charge in [-0.05, 0) is 74.3 Å². The van der Waals surface area contributed by atoms with E-state index in [-0.39, 0.29) is 24.5 Å². The summed E-state index contributed by atoms with van der Waals surface area (Å²) >= 11 is 6.53. The minimum Gasteiger partial charge on any atom is -0.489 e. The highest BCUT2D eigenvalue weighted by atomic mass is 35.5. The molecule has 2 fully saturated rings. The summed E-state index contributed by atoms with van der Waals surface area (Å²) in [5.74, 6) is 0.879. The molecule has 1 unspecified atom stereocenters. The van der Waals surface area contributed by atoms with Crippen molar-refractivity contribution >= 4 is 17.5 Å². The van der Waals surface area contributed by atoms with Crippen molar-refractivity contribution in [1.82, 2.24) is 4.90 Å². The van der Waals surface area contributed by atoms with E-state index < -0.39 is 5.60 Å². The molecular formula is C26H32ClNO4. The number of carbonyl (C=O) groups excluding carboxylic acids is 1. The van der Waals surface area contributed by atoms with Gasteiger partial charge in [0.2, 0.25) is 5.91 Å². The average Bonchev–Trinajstić information content (AvgIpc) is 3.14. The minimum atomic E-state index is -0.584. The lowest BCUT2D eigenvalue weighted by molar-refractivity contribution is -0.134. The van der Waals surface area contributed by atoms with Gasteiger partial charge in [0.15, 0.2) is 0 Å². The zero-order valence-corrected chi connectivity index (χ0v) is 19.4. The highest BCUT2D eigenvalue weighted by molar-refractivity contribution is 6.31. The number of aliphatic hydroxyl groups excluding tert-OH is 1. The van der Waals surface area contributed by atoms with Gasteiger partial charge in [-0.1, -0.05) is 41.9 Å². The maximum atomic E-state index is 13.0. The Labute approximate surface area is 195 Å². The number of hydrogen-bond donors (Lipinski definition) is 2. The number of nitrogens with zero attached hydrogens (tertiary/aromatic N) is 1. The molecule has 4 rings (SSSR count). The zero-order valence-electron chi connectivity index (χ0n) is 18.6. The molecule has 0 bridgehead atoms. The van der Waals surface area contributed by atoms with Gasteiger partial charge in [0, 0.05) is 23.5 Å². The van der Waals surface area contributed by atoms with E-state index in [0.29, 0.717) is 23.8 Å². The molecule has 0 spiro atoms. The van der Waals surface area contributed by atoms with Crippen LogP contribution in [0.15, 0.2) is 42.5 Å². The maximum absolute atomic E-state index is 13.0. The monoisotopic (exact) mass is 457 g/mol. The summed E-state index contributed by atoms with van der Waals surface area (Å²) < 4.78 is 5.86. The average molecular weight is 458 g/mol. The van der Waals surface area contributed by atoms with E-state index in [1.807, 2.05) is 54.3 Å². The van der Waals surface area contributed by atoms with Gasteiger partial charge in [0.05, 0.1) is 12.2 Å². The molecule has 5 nitrogen and oxygen atoms in total. The lowest BCUT2D eigenvalue weighted by Crippen LogP contribution is -2.43. The molecule has 2 aromatic rings. The predicted octanol–water partition coefficient (Wildman–Crippen LogP) is 4.50. The topological polar surface area (TPSA) is 70.0 Å². The van der Waals surface area contributed by atoms with E-state index in [0.717, 1.165) is 55.3 Å². The molecule has 0 radical (unpaired) electrons. The van der Waals surface area contributed by atoms with Crippen molar-refractivity contribution in [2.24, 2.45) is 5.92 Å². The van der Waals surface area contributed by atoms with Crippen molar-refractivity contribution in [3.63, 3.8) is 0 Å². The number of rotatable bonds is 7. The molecule has 1 saturated heterocycles. The Hall–Kier alpha value is -2.08. The standard InChI is InChI=1S/C26H32ClNO4/c1-26(31)11-8-22(9-12-26)28-13-10-21(25(28)30)14-20-6-7-23(15-24(20)27)32-17-19-4-2-18(16-29)3-5-19/h2-7,15,21-22,29,31H,8-14,16-17H2,1H3. The van der Waals surface area contributed by atoms with E-state index in [1.54, 1.807) is 0 Å². The van der Waals surface area contributed by atoms with Crippen LogP contribution < -0.4 is 4.74 Å². The highest BCUT2D eigenvalue weighted by Crippen LogP contribution is 2.35. The van der Waals surface area contributed by atoms with Crippen molar-refractivity contribution in [2.75, 3.05) is 6.54 Å². The van der Waals surface area contributed by atoms with Gasteiger partial charge in [0.25, 0.3) is 0 Å². The fourth-order valence-corrected chi connectivity index (χ4v) is 5.06. The number of hydrogen-bond acceptors (Lipinski definition) is 4. The van der Waals surface area contributed by atoms with Crippen molar-refractivity contribution < 1.29 is 19.7 Å².